The second kappa shape index (κ2) is 6.61. The maximum atomic E-state index is 6.24. The third kappa shape index (κ3) is 3.17. The average molecular weight is 355 g/mol. The normalized spacial score (nSPS) is 12.2. The van der Waals surface area contributed by atoms with Crippen molar-refractivity contribution in [2.45, 2.75) is 13.0 Å². The van der Waals surface area contributed by atoms with Gasteiger partial charge in [-0.2, -0.15) is 0 Å². The fourth-order valence-electron chi connectivity index (χ4n) is 2.16. The van der Waals surface area contributed by atoms with Crippen molar-refractivity contribution < 1.29 is 4.74 Å². The number of aryl methyl sites for hydroxylation is 1. The van der Waals surface area contributed by atoms with Crippen LogP contribution >= 0.6 is 27.5 Å². The van der Waals surface area contributed by atoms with E-state index in [4.69, 9.17) is 16.3 Å². The van der Waals surface area contributed by atoms with Crippen LogP contribution in [0.5, 0.6) is 5.75 Å². The Morgan fingerprint density at radius 3 is 2.55 bits per heavy atom. The van der Waals surface area contributed by atoms with Crippen molar-refractivity contribution in [1.82, 2.24) is 5.32 Å². The average Bonchev–Trinajstić information content (AvgIpc) is 2.45. The lowest BCUT2D eigenvalue weighted by Gasteiger charge is -2.20. The van der Waals surface area contributed by atoms with Crippen LogP contribution in [0.2, 0.25) is 5.02 Å². The highest BCUT2D eigenvalue weighted by molar-refractivity contribution is 9.10. The molecule has 0 saturated heterocycles. The van der Waals surface area contributed by atoms with Gasteiger partial charge in [0.05, 0.1) is 13.2 Å². The number of halogens is 2. The first-order valence-corrected chi connectivity index (χ1v) is 7.50. The molecule has 0 fully saturated rings. The molecule has 2 aromatic carbocycles. The smallest absolute Gasteiger partial charge is 0.119 e. The maximum absolute atomic E-state index is 6.24. The Bertz CT molecular complexity index is 615. The molecule has 0 bridgehead atoms. The number of methoxy groups -OCH3 is 1. The number of hydrogen-bond acceptors (Lipinski definition) is 2. The molecule has 1 N–H and O–H groups in total. The van der Waals surface area contributed by atoms with Gasteiger partial charge in [0, 0.05) is 9.50 Å². The first-order valence-electron chi connectivity index (χ1n) is 6.33. The molecule has 1 unspecified atom stereocenters. The summed E-state index contributed by atoms with van der Waals surface area (Å²) >= 11 is 9.84. The van der Waals surface area contributed by atoms with Crippen LogP contribution in [0.4, 0.5) is 0 Å². The van der Waals surface area contributed by atoms with Crippen LogP contribution in [0, 0.1) is 6.92 Å². The molecule has 2 aromatic rings. The molecule has 20 heavy (non-hydrogen) atoms. The number of hydrogen-bond donors (Lipinski definition) is 1. The Labute approximate surface area is 133 Å². The molecule has 1 atom stereocenters. The SMILES string of the molecule is CNC(c1ccc(C)c(Cl)c1)c1cc(OC)ccc1Br. The van der Waals surface area contributed by atoms with E-state index in [-0.39, 0.29) is 6.04 Å². The van der Waals surface area contributed by atoms with Gasteiger partial charge >= 0.3 is 0 Å². The van der Waals surface area contributed by atoms with E-state index in [1.807, 2.05) is 44.3 Å². The molecule has 2 nitrogen and oxygen atoms in total. The van der Waals surface area contributed by atoms with Gasteiger partial charge in [-0.25, -0.2) is 0 Å². The molecule has 4 heteroatoms. The molecule has 106 valence electrons. The second-order valence-electron chi connectivity index (χ2n) is 4.62. The predicted octanol–water partition coefficient (Wildman–Crippen LogP) is 4.73. The van der Waals surface area contributed by atoms with Gasteiger partial charge in [-0.3, -0.25) is 0 Å². The number of nitrogens with one attached hydrogen (secondary N) is 1. The first kappa shape index (κ1) is 15.4. The van der Waals surface area contributed by atoms with Crippen molar-refractivity contribution in [1.29, 1.82) is 0 Å². The second-order valence-corrected chi connectivity index (χ2v) is 5.88. The van der Waals surface area contributed by atoms with Gasteiger partial charge in [0.25, 0.3) is 0 Å². The van der Waals surface area contributed by atoms with Crippen LogP contribution in [0.25, 0.3) is 0 Å². The first-order chi connectivity index (χ1) is 9.56. The predicted molar refractivity (Wildman–Crippen MR) is 87.8 cm³/mol. The Morgan fingerprint density at radius 1 is 1.20 bits per heavy atom. The van der Waals surface area contributed by atoms with E-state index < -0.39 is 0 Å². The van der Waals surface area contributed by atoms with Gasteiger partial charge < -0.3 is 10.1 Å². The number of rotatable bonds is 4. The Kier molecular flexibility index (Phi) is 5.08. The van der Waals surface area contributed by atoms with E-state index in [9.17, 15) is 0 Å². The molecule has 0 aliphatic rings. The summed E-state index contributed by atoms with van der Waals surface area (Å²) in [6.45, 7) is 2.00. The summed E-state index contributed by atoms with van der Waals surface area (Å²) in [5.41, 5.74) is 3.32. The van der Waals surface area contributed by atoms with Crippen LogP contribution in [0.15, 0.2) is 40.9 Å². The summed E-state index contributed by atoms with van der Waals surface area (Å²) in [4.78, 5) is 0. The zero-order valence-corrected chi connectivity index (χ0v) is 14.0. The summed E-state index contributed by atoms with van der Waals surface area (Å²) in [7, 11) is 3.61. The van der Waals surface area contributed by atoms with Gasteiger partial charge in [-0.05, 0) is 54.9 Å². The highest BCUT2D eigenvalue weighted by Gasteiger charge is 2.16. The summed E-state index contributed by atoms with van der Waals surface area (Å²) in [5.74, 6) is 0.835. The zero-order valence-electron chi connectivity index (χ0n) is 11.7. The highest BCUT2D eigenvalue weighted by Crippen LogP contribution is 2.33. The standard InChI is InChI=1S/C16H17BrClNO/c1-10-4-5-11(8-15(10)18)16(19-2)13-9-12(20-3)6-7-14(13)17/h4-9,16,19H,1-3H3. The minimum absolute atomic E-state index is 0.0533. The van der Waals surface area contributed by atoms with Gasteiger partial charge in [-0.15, -0.1) is 0 Å². The van der Waals surface area contributed by atoms with Crippen LogP contribution in [0.1, 0.15) is 22.7 Å². The van der Waals surface area contributed by atoms with E-state index in [2.05, 4.69) is 27.3 Å². The minimum Gasteiger partial charge on any atom is -0.497 e. The lowest BCUT2D eigenvalue weighted by molar-refractivity contribution is 0.413. The van der Waals surface area contributed by atoms with E-state index >= 15 is 0 Å². The Hall–Kier alpha value is -1.03. The molecule has 0 spiro atoms. The van der Waals surface area contributed by atoms with E-state index in [1.165, 1.54) is 0 Å². The molecule has 0 radical (unpaired) electrons. The monoisotopic (exact) mass is 353 g/mol. The third-order valence-corrected chi connectivity index (χ3v) is 4.46. The van der Waals surface area contributed by atoms with Crippen LogP contribution in [-0.4, -0.2) is 14.2 Å². The van der Waals surface area contributed by atoms with E-state index in [0.717, 1.165) is 31.9 Å². The van der Waals surface area contributed by atoms with Crippen LogP contribution in [0.3, 0.4) is 0 Å². The van der Waals surface area contributed by atoms with Crippen molar-refractivity contribution >= 4 is 27.5 Å². The van der Waals surface area contributed by atoms with E-state index in [0.29, 0.717) is 0 Å². The highest BCUT2D eigenvalue weighted by atomic mass is 79.9. The van der Waals surface area contributed by atoms with Gasteiger partial charge in [-0.1, -0.05) is 39.7 Å². The molecular formula is C16H17BrClNO. The maximum Gasteiger partial charge on any atom is 0.119 e. The van der Waals surface area contributed by atoms with Crippen molar-refractivity contribution in [3.05, 3.63) is 62.6 Å². The lowest BCUT2D eigenvalue weighted by Crippen LogP contribution is -2.18. The van der Waals surface area contributed by atoms with Crippen molar-refractivity contribution in [3.63, 3.8) is 0 Å². The Morgan fingerprint density at radius 2 is 1.95 bits per heavy atom. The zero-order chi connectivity index (χ0) is 14.7. The van der Waals surface area contributed by atoms with Gasteiger partial charge in [0.2, 0.25) is 0 Å². The fourth-order valence-corrected chi connectivity index (χ4v) is 2.82. The third-order valence-electron chi connectivity index (χ3n) is 3.33. The number of benzene rings is 2. The van der Waals surface area contributed by atoms with Crippen molar-refractivity contribution in [2.75, 3.05) is 14.2 Å². The van der Waals surface area contributed by atoms with E-state index in [1.54, 1.807) is 7.11 Å². The molecule has 0 amide bonds. The Balaban J connectivity index is 2.48. The van der Waals surface area contributed by atoms with Crippen molar-refractivity contribution in [2.24, 2.45) is 0 Å². The topological polar surface area (TPSA) is 21.3 Å². The molecular weight excluding hydrogens is 338 g/mol. The summed E-state index contributed by atoms with van der Waals surface area (Å²) < 4.78 is 6.34. The largest absolute Gasteiger partial charge is 0.497 e. The molecule has 0 aromatic heterocycles. The summed E-state index contributed by atoms with van der Waals surface area (Å²) in [6, 6.07) is 12.1. The van der Waals surface area contributed by atoms with Crippen LogP contribution in [-0.2, 0) is 0 Å². The molecule has 2 rings (SSSR count). The molecule has 0 heterocycles. The van der Waals surface area contributed by atoms with Gasteiger partial charge in [0.15, 0.2) is 0 Å². The number of ether oxygens (including phenoxy) is 1. The summed E-state index contributed by atoms with van der Waals surface area (Å²) in [6.07, 6.45) is 0. The van der Waals surface area contributed by atoms with Gasteiger partial charge in [0.1, 0.15) is 5.75 Å². The molecule has 0 saturated carbocycles. The minimum atomic E-state index is 0.0533. The molecule has 0 aliphatic carbocycles. The molecule has 0 aliphatic heterocycles. The van der Waals surface area contributed by atoms with Crippen LogP contribution < -0.4 is 10.1 Å². The van der Waals surface area contributed by atoms with Crippen molar-refractivity contribution in [3.8, 4) is 5.75 Å². The quantitative estimate of drug-likeness (QED) is 0.857. The lowest BCUT2D eigenvalue weighted by atomic mass is 9.98. The summed E-state index contributed by atoms with van der Waals surface area (Å²) in [5, 5.41) is 4.11. The fraction of sp³-hybridized carbons (Fsp3) is 0.250.